The Morgan fingerprint density at radius 3 is 2.73 bits per heavy atom. The highest BCUT2D eigenvalue weighted by Crippen LogP contribution is 2.28. The Morgan fingerprint density at radius 2 is 2.06 bits per heavy atom. The highest BCUT2D eigenvalue weighted by Gasteiger charge is 2.23. The molecule has 0 aliphatic heterocycles. The number of terminal acetylenes is 1. The molecule has 0 saturated heterocycles. The quantitative estimate of drug-likeness (QED) is 0.442. The smallest absolute Gasteiger partial charge is 0.274 e. The van der Waals surface area contributed by atoms with Crippen molar-refractivity contribution in [3.8, 4) is 24.0 Å². The van der Waals surface area contributed by atoms with E-state index in [1.54, 1.807) is 31.2 Å². The molecule has 2 N–H and O–H groups in total. The maximum Gasteiger partial charge on any atom is 0.274 e. The van der Waals surface area contributed by atoms with Crippen LogP contribution in [-0.4, -0.2) is 39.2 Å². The predicted octanol–water partition coefficient (Wildman–Crippen LogP) is 4.39. The first kappa shape index (κ1) is 24.3. The van der Waals surface area contributed by atoms with Gasteiger partial charge in [0, 0.05) is 22.8 Å². The number of carbonyl (C=O) groups is 2. The number of nitrogens with one attached hydrogen (secondary N) is 2. The molecule has 2 aromatic heterocycles. The van der Waals surface area contributed by atoms with Crippen molar-refractivity contribution >= 4 is 45.0 Å². The van der Waals surface area contributed by atoms with Gasteiger partial charge in [0.05, 0.1) is 16.3 Å². The summed E-state index contributed by atoms with van der Waals surface area (Å²) in [4.78, 5) is 30.4. The van der Waals surface area contributed by atoms with Crippen LogP contribution in [0.5, 0.6) is 5.88 Å². The summed E-state index contributed by atoms with van der Waals surface area (Å²) in [6, 6.07) is 8.09. The van der Waals surface area contributed by atoms with E-state index in [1.165, 1.54) is 16.9 Å². The number of carbonyl (C=O) groups excluding carboxylic acids is 2. The largest absolute Gasteiger partial charge is 0.463 e. The number of rotatable bonds is 7. The number of hydrogen-bond acceptors (Lipinski definition) is 5. The first-order chi connectivity index (χ1) is 15.7. The molecule has 2 amide bonds. The monoisotopic (exact) mass is 529 g/mol. The van der Waals surface area contributed by atoms with E-state index < -0.39 is 5.91 Å². The SMILES string of the molecule is C#CCOc1cc(C(=O)Nc2c(C)cc(Br)cc2C(=O)NC(C)C)n(-c2ncccc2Cl)n1. The maximum atomic E-state index is 13.4. The molecule has 0 radical (unpaired) electrons. The predicted molar refractivity (Wildman–Crippen MR) is 130 cm³/mol. The van der Waals surface area contributed by atoms with Gasteiger partial charge < -0.3 is 15.4 Å². The van der Waals surface area contributed by atoms with Crippen LogP contribution in [0.25, 0.3) is 5.82 Å². The van der Waals surface area contributed by atoms with Gasteiger partial charge in [-0.2, -0.15) is 0 Å². The zero-order valence-electron chi connectivity index (χ0n) is 18.1. The summed E-state index contributed by atoms with van der Waals surface area (Å²) in [6.07, 6.45) is 6.79. The van der Waals surface area contributed by atoms with Gasteiger partial charge in [0.1, 0.15) is 5.69 Å². The molecule has 33 heavy (non-hydrogen) atoms. The average molecular weight is 531 g/mol. The first-order valence-electron chi connectivity index (χ1n) is 9.90. The van der Waals surface area contributed by atoms with Gasteiger partial charge in [0.2, 0.25) is 5.88 Å². The van der Waals surface area contributed by atoms with Crippen LogP contribution in [0.15, 0.2) is 41.0 Å². The lowest BCUT2D eigenvalue weighted by molar-refractivity contribution is 0.0944. The molecule has 0 fully saturated rings. The number of ether oxygens (including phenoxy) is 1. The van der Waals surface area contributed by atoms with Crippen molar-refractivity contribution in [2.24, 2.45) is 0 Å². The summed E-state index contributed by atoms with van der Waals surface area (Å²) in [5.74, 6) is 1.87. The minimum absolute atomic E-state index is 0.0284. The fraction of sp³-hybridized carbons (Fsp3) is 0.217. The Bertz CT molecular complexity index is 1250. The van der Waals surface area contributed by atoms with Crippen molar-refractivity contribution in [2.45, 2.75) is 26.8 Å². The van der Waals surface area contributed by atoms with Gasteiger partial charge in [-0.25, -0.2) is 9.67 Å². The third-order valence-electron chi connectivity index (χ3n) is 4.37. The molecule has 2 heterocycles. The van der Waals surface area contributed by atoms with Gasteiger partial charge in [-0.05, 0) is 50.6 Å². The Morgan fingerprint density at radius 1 is 1.30 bits per heavy atom. The molecule has 0 saturated carbocycles. The number of amides is 2. The number of hydrogen-bond donors (Lipinski definition) is 2. The summed E-state index contributed by atoms with van der Waals surface area (Å²) in [7, 11) is 0. The van der Waals surface area contributed by atoms with E-state index in [9.17, 15) is 9.59 Å². The van der Waals surface area contributed by atoms with Gasteiger partial charge in [-0.3, -0.25) is 9.59 Å². The second-order valence-corrected chi connectivity index (χ2v) is 8.63. The van der Waals surface area contributed by atoms with Crippen molar-refractivity contribution in [3.05, 3.63) is 62.8 Å². The van der Waals surface area contributed by atoms with Crippen LogP contribution in [0.1, 0.15) is 40.3 Å². The Kier molecular flexibility index (Phi) is 7.74. The zero-order valence-corrected chi connectivity index (χ0v) is 20.5. The number of aromatic nitrogens is 3. The second kappa shape index (κ2) is 10.5. The zero-order chi connectivity index (χ0) is 24.1. The molecule has 0 bridgehead atoms. The van der Waals surface area contributed by atoms with E-state index in [2.05, 4.69) is 42.6 Å². The van der Waals surface area contributed by atoms with Crippen molar-refractivity contribution in [1.82, 2.24) is 20.1 Å². The van der Waals surface area contributed by atoms with Crippen LogP contribution >= 0.6 is 27.5 Å². The number of pyridine rings is 1. The highest BCUT2D eigenvalue weighted by atomic mass is 79.9. The van der Waals surface area contributed by atoms with Crippen molar-refractivity contribution in [3.63, 3.8) is 0 Å². The van der Waals surface area contributed by atoms with Gasteiger partial charge >= 0.3 is 0 Å². The van der Waals surface area contributed by atoms with E-state index in [1.807, 2.05) is 13.8 Å². The summed E-state index contributed by atoms with van der Waals surface area (Å²) >= 11 is 9.69. The van der Waals surface area contributed by atoms with Crippen LogP contribution < -0.4 is 15.4 Å². The fourth-order valence-electron chi connectivity index (χ4n) is 3.01. The number of benzene rings is 1. The molecular weight excluding hydrogens is 510 g/mol. The number of aryl methyl sites for hydroxylation is 1. The minimum Gasteiger partial charge on any atom is -0.463 e. The molecule has 1 aromatic carbocycles. The van der Waals surface area contributed by atoms with Gasteiger partial charge in [-0.15, -0.1) is 11.5 Å². The van der Waals surface area contributed by atoms with Crippen LogP contribution in [0.3, 0.4) is 0 Å². The molecule has 3 aromatic rings. The first-order valence-corrected chi connectivity index (χ1v) is 11.1. The van der Waals surface area contributed by atoms with Gasteiger partial charge in [0.25, 0.3) is 11.8 Å². The fourth-order valence-corrected chi connectivity index (χ4v) is 3.78. The van der Waals surface area contributed by atoms with Crippen LogP contribution in [0, 0.1) is 19.3 Å². The molecule has 0 spiro atoms. The second-order valence-electron chi connectivity index (χ2n) is 7.31. The molecule has 10 heteroatoms. The summed E-state index contributed by atoms with van der Waals surface area (Å²) in [5, 5.41) is 10.2. The van der Waals surface area contributed by atoms with Crippen LogP contribution in [0.4, 0.5) is 5.69 Å². The topological polar surface area (TPSA) is 98.1 Å². The van der Waals surface area contributed by atoms with Crippen molar-refractivity contribution < 1.29 is 14.3 Å². The van der Waals surface area contributed by atoms with Crippen molar-refractivity contribution in [2.75, 3.05) is 11.9 Å². The Balaban J connectivity index is 2.05. The van der Waals surface area contributed by atoms with Crippen LogP contribution in [-0.2, 0) is 0 Å². The van der Waals surface area contributed by atoms with E-state index in [0.717, 1.165) is 0 Å². The van der Waals surface area contributed by atoms with E-state index in [0.29, 0.717) is 21.3 Å². The van der Waals surface area contributed by atoms with E-state index in [4.69, 9.17) is 22.8 Å². The number of halogens is 2. The van der Waals surface area contributed by atoms with Gasteiger partial charge in [0.15, 0.2) is 12.4 Å². The average Bonchev–Trinajstić information content (AvgIpc) is 3.17. The lowest BCUT2D eigenvalue weighted by atomic mass is 10.1. The molecule has 0 aliphatic carbocycles. The lowest BCUT2D eigenvalue weighted by Gasteiger charge is -2.16. The molecule has 8 nitrogen and oxygen atoms in total. The number of anilines is 1. The molecule has 0 aliphatic rings. The standard InChI is InChI=1S/C23H21BrClN5O3/c1-5-9-33-19-12-18(30(29-19)21-17(25)7-6-8-26-21)23(32)28-20-14(4)10-15(24)11-16(20)22(31)27-13(2)3/h1,6-8,10-13H,9H2,2-4H3,(H,27,31)(H,28,32). The summed E-state index contributed by atoms with van der Waals surface area (Å²) in [5.41, 5.74) is 1.47. The third kappa shape index (κ3) is 5.72. The maximum absolute atomic E-state index is 13.4. The molecule has 0 atom stereocenters. The summed E-state index contributed by atoms with van der Waals surface area (Å²) < 4.78 is 7.37. The third-order valence-corrected chi connectivity index (χ3v) is 5.12. The normalized spacial score (nSPS) is 10.6. The minimum atomic E-state index is -0.538. The molecule has 3 rings (SSSR count). The van der Waals surface area contributed by atoms with Crippen molar-refractivity contribution in [1.29, 1.82) is 0 Å². The van der Waals surface area contributed by atoms with E-state index in [-0.39, 0.29) is 41.0 Å². The Labute approximate surface area is 204 Å². The lowest BCUT2D eigenvalue weighted by Crippen LogP contribution is -2.31. The Hall–Kier alpha value is -3.35. The molecular formula is C23H21BrClN5O3. The summed E-state index contributed by atoms with van der Waals surface area (Å²) in [6.45, 7) is 5.47. The number of nitrogens with zero attached hydrogens (tertiary/aromatic N) is 3. The van der Waals surface area contributed by atoms with Gasteiger partial charge in [-0.1, -0.05) is 33.5 Å². The highest BCUT2D eigenvalue weighted by molar-refractivity contribution is 9.10. The van der Waals surface area contributed by atoms with E-state index >= 15 is 0 Å². The molecule has 170 valence electrons. The molecule has 0 unspecified atom stereocenters. The van der Waals surface area contributed by atoms with Crippen LogP contribution in [0.2, 0.25) is 5.02 Å².